The molecule has 0 unspecified atom stereocenters. The highest BCUT2D eigenvalue weighted by Crippen LogP contribution is 2.38. The fraction of sp³-hybridized carbons (Fsp3) is 0.333. The Morgan fingerprint density at radius 2 is 1.70 bits per heavy atom. The Hall–Kier alpha value is -2.82. The van der Waals surface area contributed by atoms with Crippen molar-refractivity contribution in [3.8, 4) is 11.5 Å². The van der Waals surface area contributed by atoms with Gasteiger partial charge in [-0.05, 0) is 30.7 Å². The van der Waals surface area contributed by atoms with Gasteiger partial charge in [-0.1, -0.05) is 12.1 Å². The molecule has 1 fully saturated rings. The Labute approximate surface area is 170 Å². The lowest BCUT2D eigenvalue weighted by molar-refractivity contribution is -0.277. The van der Waals surface area contributed by atoms with Crippen LogP contribution in [0.5, 0.6) is 11.5 Å². The van der Waals surface area contributed by atoms with Crippen LogP contribution < -0.4 is 4.74 Å². The quantitative estimate of drug-likeness (QED) is 0.386. The molecule has 0 aromatic heterocycles. The molecule has 9 heteroatoms. The number of carbonyl (C=O) groups excluding carboxylic acids is 2. The normalized spacial score (nSPS) is 28.1. The summed E-state index contributed by atoms with van der Waals surface area (Å²) in [6, 6.07) is 7.17. The Balaban J connectivity index is 1.78. The van der Waals surface area contributed by atoms with Crippen molar-refractivity contribution in [2.45, 2.75) is 37.6 Å². The van der Waals surface area contributed by atoms with E-state index in [-0.39, 0.29) is 33.8 Å². The van der Waals surface area contributed by atoms with Gasteiger partial charge in [0.1, 0.15) is 35.9 Å². The number of aliphatic hydroxyl groups excluding tert-OH is 4. The van der Waals surface area contributed by atoms with Gasteiger partial charge in [0.15, 0.2) is 5.78 Å². The largest absolute Gasteiger partial charge is 0.507 e. The minimum atomic E-state index is -1.69. The number of rotatable bonds is 3. The Bertz CT molecular complexity index is 1030. The maximum absolute atomic E-state index is 13.1. The number of ketones is 2. The highest BCUT2D eigenvalue weighted by molar-refractivity contribution is 6.30. The maximum Gasteiger partial charge on any atom is 0.229 e. The van der Waals surface area contributed by atoms with Gasteiger partial charge in [-0.15, -0.1) is 0 Å². The fourth-order valence-corrected chi connectivity index (χ4v) is 3.79. The first-order chi connectivity index (χ1) is 14.2. The van der Waals surface area contributed by atoms with Gasteiger partial charge in [0, 0.05) is 11.1 Å². The molecule has 0 radical (unpaired) electrons. The van der Waals surface area contributed by atoms with Gasteiger partial charge in [-0.2, -0.15) is 0 Å². The van der Waals surface area contributed by atoms with Crippen LogP contribution in [0.4, 0.5) is 0 Å². The van der Waals surface area contributed by atoms with E-state index in [9.17, 15) is 35.1 Å². The number of hydrogen-bond acceptors (Lipinski definition) is 9. The average molecular weight is 416 g/mol. The summed E-state index contributed by atoms with van der Waals surface area (Å²) in [5.74, 6) is -1.56. The van der Waals surface area contributed by atoms with Crippen molar-refractivity contribution in [3.05, 3.63) is 58.1 Å². The summed E-state index contributed by atoms with van der Waals surface area (Å²) in [6.45, 7) is 1.03. The fourth-order valence-electron chi connectivity index (χ4n) is 3.79. The van der Waals surface area contributed by atoms with Crippen molar-refractivity contribution >= 4 is 11.6 Å². The van der Waals surface area contributed by atoms with E-state index in [1.807, 2.05) is 0 Å². The van der Waals surface area contributed by atoms with Gasteiger partial charge in [-0.25, -0.2) is 0 Å². The molecule has 30 heavy (non-hydrogen) atoms. The molecule has 1 aliphatic heterocycles. The summed E-state index contributed by atoms with van der Waals surface area (Å²) in [6.07, 6.45) is -7.64. The maximum atomic E-state index is 13.1. The number of ether oxygens (including phenoxy) is 2. The molecule has 9 nitrogen and oxygen atoms in total. The molecule has 0 amide bonds. The Morgan fingerprint density at radius 3 is 2.40 bits per heavy atom. The molecule has 4 rings (SSSR count). The summed E-state index contributed by atoms with van der Waals surface area (Å²) in [5, 5.41) is 49.6. The topological polar surface area (TPSA) is 154 Å². The first kappa shape index (κ1) is 20.5. The van der Waals surface area contributed by atoms with Crippen LogP contribution in [-0.2, 0) is 4.74 Å². The molecule has 5 atom stereocenters. The van der Waals surface area contributed by atoms with Crippen molar-refractivity contribution in [2.75, 3.05) is 6.61 Å². The van der Waals surface area contributed by atoms with Crippen molar-refractivity contribution in [2.24, 2.45) is 0 Å². The number of aryl methyl sites for hydroxylation is 1. The lowest BCUT2D eigenvalue weighted by Crippen LogP contribution is -2.60. The molecule has 2 aliphatic rings. The highest BCUT2D eigenvalue weighted by Gasteiger charge is 2.45. The van der Waals surface area contributed by atoms with E-state index >= 15 is 0 Å². The molecule has 1 heterocycles. The summed E-state index contributed by atoms with van der Waals surface area (Å²) in [5.41, 5.74) is 0.446. The van der Waals surface area contributed by atoms with Crippen LogP contribution in [0.15, 0.2) is 30.3 Å². The summed E-state index contributed by atoms with van der Waals surface area (Å²) in [4.78, 5) is 26.1. The monoisotopic (exact) mass is 416 g/mol. The lowest BCUT2D eigenvalue weighted by Gasteiger charge is -2.39. The van der Waals surface area contributed by atoms with Crippen LogP contribution >= 0.6 is 0 Å². The van der Waals surface area contributed by atoms with Gasteiger partial charge in [0.25, 0.3) is 0 Å². The number of hydrogen-bond donors (Lipinski definition) is 5. The van der Waals surface area contributed by atoms with Crippen LogP contribution in [0.3, 0.4) is 0 Å². The first-order valence-corrected chi connectivity index (χ1v) is 9.27. The summed E-state index contributed by atoms with van der Waals surface area (Å²) in [7, 11) is 0. The zero-order valence-corrected chi connectivity index (χ0v) is 15.8. The van der Waals surface area contributed by atoms with Crippen molar-refractivity contribution in [1.82, 2.24) is 0 Å². The standard InChI is InChI=1S/C21H20O9/c1-8-5-10-15(18(26)14-9(16(10)24)3-2-4-11(14)23)12(6-8)29-21-20(28)19(27)17(25)13(7-22)30-21/h2-6,13,17,19-23,25,27-28H,7H2,1H3/t13-,17-,19+,20-,21+/m1/s1. The molecule has 5 N–H and O–H groups in total. The van der Waals surface area contributed by atoms with Gasteiger partial charge < -0.3 is 35.0 Å². The number of fused-ring (bicyclic) bond motifs is 2. The van der Waals surface area contributed by atoms with Crippen molar-refractivity contribution in [3.63, 3.8) is 0 Å². The third kappa shape index (κ3) is 3.08. The second-order valence-electron chi connectivity index (χ2n) is 7.36. The number of phenolic OH excluding ortho intramolecular Hbond substituents is 1. The van der Waals surface area contributed by atoms with Gasteiger partial charge in [-0.3, -0.25) is 9.59 Å². The molecule has 0 spiro atoms. The van der Waals surface area contributed by atoms with E-state index in [1.165, 1.54) is 30.3 Å². The predicted molar refractivity (Wildman–Crippen MR) is 101 cm³/mol. The minimum Gasteiger partial charge on any atom is -0.507 e. The predicted octanol–water partition coefficient (Wildman–Crippen LogP) is -0.345. The Kier molecular flexibility index (Phi) is 5.08. The van der Waals surface area contributed by atoms with E-state index in [0.717, 1.165) is 0 Å². The zero-order valence-electron chi connectivity index (χ0n) is 15.8. The highest BCUT2D eigenvalue weighted by atomic mass is 16.7. The van der Waals surface area contributed by atoms with E-state index in [2.05, 4.69) is 0 Å². The molecule has 0 saturated carbocycles. The van der Waals surface area contributed by atoms with Crippen LogP contribution in [0, 0.1) is 6.92 Å². The van der Waals surface area contributed by atoms with E-state index in [4.69, 9.17) is 9.47 Å². The van der Waals surface area contributed by atoms with Gasteiger partial charge >= 0.3 is 0 Å². The van der Waals surface area contributed by atoms with E-state index in [0.29, 0.717) is 5.56 Å². The van der Waals surface area contributed by atoms with Crippen LogP contribution in [0.1, 0.15) is 37.4 Å². The Morgan fingerprint density at radius 1 is 0.967 bits per heavy atom. The average Bonchev–Trinajstić information content (AvgIpc) is 2.71. The lowest BCUT2D eigenvalue weighted by atomic mass is 9.82. The van der Waals surface area contributed by atoms with Crippen molar-refractivity contribution < 1.29 is 44.6 Å². The summed E-state index contributed by atoms with van der Waals surface area (Å²) >= 11 is 0. The first-order valence-electron chi connectivity index (χ1n) is 9.27. The van der Waals surface area contributed by atoms with Crippen LogP contribution in [0.2, 0.25) is 0 Å². The molecule has 158 valence electrons. The van der Waals surface area contributed by atoms with E-state index < -0.39 is 48.9 Å². The summed E-state index contributed by atoms with van der Waals surface area (Å²) < 4.78 is 11.0. The van der Waals surface area contributed by atoms with E-state index in [1.54, 1.807) is 6.92 Å². The van der Waals surface area contributed by atoms with Gasteiger partial charge in [0.05, 0.1) is 17.7 Å². The number of aliphatic hydroxyl groups is 4. The van der Waals surface area contributed by atoms with Crippen LogP contribution in [0.25, 0.3) is 0 Å². The molecule has 0 bridgehead atoms. The smallest absolute Gasteiger partial charge is 0.229 e. The molecule has 2 aromatic carbocycles. The second kappa shape index (κ2) is 7.46. The minimum absolute atomic E-state index is 0.0666. The molecular weight excluding hydrogens is 396 g/mol. The third-order valence-electron chi connectivity index (χ3n) is 5.32. The SMILES string of the molecule is Cc1cc(O[C@H]2O[C@H](CO)[C@@H](O)[C@H](O)[C@H]2O)c2c(c1)C(=O)c1cccc(O)c1C2=O. The molecule has 2 aromatic rings. The number of aromatic hydroxyl groups is 1. The molecule has 1 saturated heterocycles. The van der Waals surface area contributed by atoms with Crippen LogP contribution in [-0.4, -0.2) is 74.4 Å². The van der Waals surface area contributed by atoms with Gasteiger partial charge in [0.2, 0.25) is 12.1 Å². The zero-order chi connectivity index (χ0) is 21.7. The second-order valence-corrected chi connectivity index (χ2v) is 7.36. The number of carbonyl (C=O) groups is 2. The number of benzene rings is 2. The third-order valence-corrected chi connectivity index (χ3v) is 5.32. The molecule has 1 aliphatic carbocycles. The number of phenols is 1. The van der Waals surface area contributed by atoms with Crippen molar-refractivity contribution in [1.29, 1.82) is 0 Å². The molecular formula is C21H20O9.